The Bertz CT molecular complexity index is 372. The van der Waals surface area contributed by atoms with Crippen LogP contribution in [0.4, 0.5) is 0 Å². The molecule has 0 aliphatic heterocycles. The summed E-state index contributed by atoms with van der Waals surface area (Å²) >= 11 is 3.48. The second kappa shape index (κ2) is 5.87. The lowest BCUT2D eigenvalue weighted by Crippen LogP contribution is -2.12. The van der Waals surface area contributed by atoms with Gasteiger partial charge in [0.05, 0.1) is 6.61 Å². The highest BCUT2D eigenvalue weighted by atomic mass is 79.9. The molecule has 0 amide bonds. The monoisotopic (exact) mass is 297 g/mol. The molecule has 0 heterocycles. The molecule has 2 N–H and O–H groups in total. The zero-order valence-electron chi connectivity index (χ0n) is 10.3. The van der Waals surface area contributed by atoms with Gasteiger partial charge in [0.15, 0.2) is 0 Å². The van der Waals surface area contributed by atoms with Crippen LogP contribution < -0.4 is 10.5 Å². The van der Waals surface area contributed by atoms with Gasteiger partial charge < -0.3 is 10.5 Å². The third-order valence-corrected chi connectivity index (χ3v) is 3.91. The maximum atomic E-state index is 5.95. The van der Waals surface area contributed by atoms with E-state index in [4.69, 9.17) is 10.5 Å². The van der Waals surface area contributed by atoms with Crippen LogP contribution in [0.1, 0.15) is 44.2 Å². The average Bonchev–Trinajstić information content (AvgIpc) is 2.78. The average molecular weight is 298 g/mol. The van der Waals surface area contributed by atoms with Crippen molar-refractivity contribution in [3.8, 4) is 5.75 Å². The lowest BCUT2D eigenvalue weighted by Gasteiger charge is -2.16. The maximum Gasteiger partial charge on any atom is 0.125 e. The Morgan fingerprint density at radius 2 is 2.12 bits per heavy atom. The SMILES string of the molecule is C[C@H](N)c1ccc(Br)cc1OCC1CCCC1. The van der Waals surface area contributed by atoms with Gasteiger partial charge in [0.2, 0.25) is 0 Å². The minimum absolute atomic E-state index is 0.0154. The number of halogens is 1. The minimum atomic E-state index is 0.0154. The fraction of sp³-hybridized carbons (Fsp3) is 0.571. The smallest absolute Gasteiger partial charge is 0.125 e. The van der Waals surface area contributed by atoms with E-state index in [0.717, 1.165) is 28.3 Å². The summed E-state index contributed by atoms with van der Waals surface area (Å²) in [5.74, 6) is 1.66. The van der Waals surface area contributed by atoms with Crippen LogP contribution in [-0.2, 0) is 0 Å². The summed E-state index contributed by atoms with van der Waals surface area (Å²) in [5, 5.41) is 0. The molecule has 0 bridgehead atoms. The first-order valence-electron chi connectivity index (χ1n) is 6.34. The molecule has 17 heavy (non-hydrogen) atoms. The Kier molecular flexibility index (Phi) is 4.46. The lowest BCUT2D eigenvalue weighted by molar-refractivity contribution is 0.249. The molecule has 2 rings (SSSR count). The van der Waals surface area contributed by atoms with Crippen molar-refractivity contribution in [3.05, 3.63) is 28.2 Å². The third-order valence-electron chi connectivity index (χ3n) is 3.42. The highest BCUT2D eigenvalue weighted by Gasteiger charge is 2.17. The first kappa shape index (κ1) is 12.9. The molecule has 1 aliphatic carbocycles. The summed E-state index contributed by atoms with van der Waals surface area (Å²) in [4.78, 5) is 0. The molecule has 0 unspecified atom stereocenters. The van der Waals surface area contributed by atoms with Crippen LogP contribution >= 0.6 is 15.9 Å². The molecule has 1 aromatic rings. The molecule has 0 spiro atoms. The highest BCUT2D eigenvalue weighted by molar-refractivity contribution is 9.10. The minimum Gasteiger partial charge on any atom is -0.493 e. The van der Waals surface area contributed by atoms with Gasteiger partial charge in [0.25, 0.3) is 0 Å². The van der Waals surface area contributed by atoms with Crippen molar-refractivity contribution in [3.63, 3.8) is 0 Å². The van der Waals surface area contributed by atoms with Crippen molar-refractivity contribution >= 4 is 15.9 Å². The summed E-state index contributed by atoms with van der Waals surface area (Å²) in [7, 11) is 0. The molecule has 1 fully saturated rings. The summed E-state index contributed by atoms with van der Waals surface area (Å²) in [6.07, 6.45) is 5.32. The number of nitrogens with two attached hydrogens (primary N) is 1. The molecule has 0 aromatic heterocycles. The van der Waals surface area contributed by atoms with E-state index in [1.165, 1.54) is 25.7 Å². The van der Waals surface area contributed by atoms with E-state index in [0.29, 0.717) is 0 Å². The van der Waals surface area contributed by atoms with Gasteiger partial charge in [-0.1, -0.05) is 34.8 Å². The predicted octanol–water partition coefficient (Wildman–Crippen LogP) is 4.04. The first-order chi connectivity index (χ1) is 8.16. The fourth-order valence-electron chi connectivity index (χ4n) is 2.39. The van der Waals surface area contributed by atoms with Gasteiger partial charge in [-0.15, -0.1) is 0 Å². The van der Waals surface area contributed by atoms with Crippen molar-refractivity contribution in [2.45, 2.75) is 38.6 Å². The zero-order valence-corrected chi connectivity index (χ0v) is 11.9. The molecular formula is C14H20BrNO. The van der Waals surface area contributed by atoms with Crippen molar-refractivity contribution in [2.24, 2.45) is 11.7 Å². The Labute approximate surface area is 112 Å². The van der Waals surface area contributed by atoms with E-state index < -0.39 is 0 Å². The number of ether oxygens (including phenoxy) is 1. The summed E-state index contributed by atoms with van der Waals surface area (Å²) in [5.41, 5.74) is 7.04. The number of hydrogen-bond acceptors (Lipinski definition) is 2. The zero-order chi connectivity index (χ0) is 12.3. The van der Waals surface area contributed by atoms with E-state index in [2.05, 4.69) is 15.9 Å². The highest BCUT2D eigenvalue weighted by Crippen LogP contribution is 2.30. The van der Waals surface area contributed by atoms with Crippen LogP contribution in [-0.4, -0.2) is 6.61 Å². The largest absolute Gasteiger partial charge is 0.493 e. The molecule has 94 valence electrons. The first-order valence-corrected chi connectivity index (χ1v) is 7.14. The van der Waals surface area contributed by atoms with Crippen LogP contribution in [0.3, 0.4) is 0 Å². The van der Waals surface area contributed by atoms with E-state index in [1.54, 1.807) is 0 Å². The van der Waals surface area contributed by atoms with Gasteiger partial charge in [0, 0.05) is 16.1 Å². The normalized spacial score (nSPS) is 18.3. The molecule has 0 saturated heterocycles. The third kappa shape index (κ3) is 3.46. The van der Waals surface area contributed by atoms with Crippen LogP contribution in [0.15, 0.2) is 22.7 Å². The molecular weight excluding hydrogens is 278 g/mol. The van der Waals surface area contributed by atoms with Crippen LogP contribution in [0.2, 0.25) is 0 Å². The second-order valence-corrected chi connectivity index (χ2v) is 5.85. The van der Waals surface area contributed by atoms with E-state index in [1.807, 2.05) is 25.1 Å². The molecule has 1 aromatic carbocycles. The lowest BCUT2D eigenvalue weighted by atomic mass is 10.1. The van der Waals surface area contributed by atoms with Crippen molar-refractivity contribution in [2.75, 3.05) is 6.61 Å². The van der Waals surface area contributed by atoms with Crippen molar-refractivity contribution in [1.82, 2.24) is 0 Å². The molecule has 1 aliphatic rings. The Hall–Kier alpha value is -0.540. The van der Waals surface area contributed by atoms with Gasteiger partial charge in [-0.3, -0.25) is 0 Å². The molecule has 1 atom stereocenters. The van der Waals surface area contributed by atoms with Crippen molar-refractivity contribution < 1.29 is 4.74 Å². The van der Waals surface area contributed by atoms with E-state index in [9.17, 15) is 0 Å². The quantitative estimate of drug-likeness (QED) is 0.910. The number of rotatable bonds is 4. The maximum absolute atomic E-state index is 5.95. The van der Waals surface area contributed by atoms with Crippen LogP contribution in [0, 0.1) is 5.92 Å². The Morgan fingerprint density at radius 3 is 2.76 bits per heavy atom. The Morgan fingerprint density at radius 1 is 1.41 bits per heavy atom. The van der Waals surface area contributed by atoms with Gasteiger partial charge >= 0.3 is 0 Å². The van der Waals surface area contributed by atoms with Gasteiger partial charge in [-0.05, 0) is 37.8 Å². The van der Waals surface area contributed by atoms with Gasteiger partial charge in [-0.2, -0.15) is 0 Å². The molecule has 3 heteroatoms. The standard InChI is InChI=1S/C14H20BrNO/c1-10(16)13-7-6-12(15)8-14(13)17-9-11-4-2-3-5-11/h6-8,10-11H,2-5,9,16H2,1H3/t10-/m0/s1. The van der Waals surface area contributed by atoms with Crippen LogP contribution in [0.5, 0.6) is 5.75 Å². The summed E-state index contributed by atoms with van der Waals surface area (Å²) in [6.45, 7) is 2.82. The number of benzene rings is 1. The number of hydrogen-bond donors (Lipinski definition) is 1. The van der Waals surface area contributed by atoms with Gasteiger partial charge in [0.1, 0.15) is 5.75 Å². The Balaban J connectivity index is 2.04. The summed E-state index contributed by atoms with van der Waals surface area (Å²) < 4.78 is 7.00. The van der Waals surface area contributed by atoms with E-state index in [-0.39, 0.29) is 6.04 Å². The van der Waals surface area contributed by atoms with Gasteiger partial charge in [-0.25, -0.2) is 0 Å². The summed E-state index contributed by atoms with van der Waals surface area (Å²) in [6, 6.07) is 6.09. The topological polar surface area (TPSA) is 35.2 Å². The molecule has 2 nitrogen and oxygen atoms in total. The molecule has 1 saturated carbocycles. The van der Waals surface area contributed by atoms with Crippen LogP contribution in [0.25, 0.3) is 0 Å². The second-order valence-electron chi connectivity index (χ2n) is 4.93. The van der Waals surface area contributed by atoms with E-state index >= 15 is 0 Å². The predicted molar refractivity (Wildman–Crippen MR) is 74.2 cm³/mol. The van der Waals surface area contributed by atoms with Crippen molar-refractivity contribution in [1.29, 1.82) is 0 Å². The fourth-order valence-corrected chi connectivity index (χ4v) is 2.73. The molecule has 0 radical (unpaired) electrons.